The van der Waals surface area contributed by atoms with Crippen molar-refractivity contribution < 1.29 is 33.6 Å². The first kappa shape index (κ1) is 26.8. The second-order valence-electron chi connectivity index (χ2n) is 7.74. The first-order valence-electron chi connectivity index (χ1n) is 11.1. The minimum atomic E-state index is -0.419. The van der Waals surface area contributed by atoms with Crippen LogP contribution in [-0.4, -0.2) is 46.6 Å². The summed E-state index contributed by atoms with van der Waals surface area (Å²) in [6, 6.07) is 12.0. The number of nitrogens with two attached hydrogens (primary N) is 1. The molecule has 0 aromatic heterocycles. The molecule has 0 spiro atoms. The van der Waals surface area contributed by atoms with Crippen LogP contribution in [0.4, 0.5) is 11.4 Å². The van der Waals surface area contributed by atoms with Gasteiger partial charge in [-0.25, -0.2) is 0 Å². The molecular formula is C28H30N2O7. The zero-order chi connectivity index (χ0) is 26.9. The third-order valence-electron chi connectivity index (χ3n) is 5.39. The number of phenolic OH excluding ortho intramolecular Hbond substituents is 1. The maximum Gasteiger partial charge on any atom is 0.248 e. The lowest BCUT2D eigenvalue weighted by Crippen LogP contribution is -2.09. The quantitative estimate of drug-likeness (QED) is 0.203. The predicted octanol–water partition coefficient (Wildman–Crippen LogP) is 4.84. The van der Waals surface area contributed by atoms with E-state index in [9.17, 15) is 9.90 Å². The Labute approximate surface area is 215 Å². The van der Waals surface area contributed by atoms with Gasteiger partial charge in [-0.1, -0.05) is 18.2 Å². The van der Waals surface area contributed by atoms with Crippen LogP contribution in [0.25, 0.3) is 18.2 Å². The molecule has 0 aliphatic carbocycles. The van der Waals surface area contributed by atoms with E-state index in [1.54, 1.807) is 62.8 Å². The van der Waals surface area contributed by atoms with Gasteiger partial charge in [-0.05, 0) is 59.2 Å². The number of aromatic hydroxyl groups is 1. The lowest BCUT2D eigenvalue weighted by Gasteiger charge is -2.13. The van der Waals surface area contributed by atoms with E-state index in [1.807, 2.05) is 6.08 Å². The Morgan fingerprint density at radius 1 is 0.730 bits per heavy atom. The number of anilines is 2. The number of carbonyl (C=O) groups is 1. The number of phenols is 1. The van der Waals surface area contributed by atoms with E-state index in [4.69, 9.17) is 29.4 Å². The van der Waals surface area contributed by atoms with E-state index in [0.717, 1.165) is 11.1 Å². The Kier molecular flexibility index (Phi) is 8.88. The smallest absolute Gasteiger partial charge is 0.248 e. The number of rotatable bonds is 10. The zero-order valence-electron chi connectivity index (χ0n) is 21.3. The van der Waals surface area contributed by atoms with Gasteiger partial charge in [-0.2, -0.15) is 0 Å². The van der Waals surface area contributed by atoms with Crippen molar-refractivity contribution in [3.63, 3.8) is 0 Å². The van der Waals surface area contributed by atoms with Crippen molar-refractivity contribution >= 4 is 35.5 Å². The van der Waals surface area contributed by atoms with Crippen LogP contribution in [0.5, 0.6) is 34.5 Å². The van der Waals surface area contributed by atoms with E-state index in [2.05, 4.69) is 5.32 Å². The lowest BCUT2D eigenvalue weighted by molar-refractivity contribution is -0.111. The molecule has 0 aliphatic rings. The van der Waals surface area contributed by atoms with Crippen molar-refractivity contribution in [1.29, 1.82) is 0 Å². The highest BCUT2D eigenvalue weighted by Gasteiger charge is 2.14. The molecule has 0 saturated carbocycles. The zero-order valence-corrected chi connectivity index (χ0v) is 21.3. The summed E-state index contributed by atoms with van der Waals surface area (Å²) < 4.78 is 26.6. The summed E-state index contributed by atoms with van der Waals surface area (Å²) in [4.78, 5) is 12.6. The van der Waals surface area contributed by atoms with Crippen molar-refractivity contribution in [2.75, 3.05) is 46.6 Å². The number of carbonyl (C=O) groups excluding carboxylic acids is 1. The van der Waals surface area contributed by atoms with E-state index >= 15 is 0 Å². The Balaban J connectivity index is 1.85. The van der Waals surface area contributed by atoms with Crippen molar-refractivity contribution in [1.82, 2.24) is 0 Å². The second-order valence-corrected chi connectivity index (χ2v) is 7.74. The number of methoxy groups -OCH3 is 5. The van der Waals surface area contributed by atoms with Crippen LogP contribution >= 0.6 is 0 Å². The monoisotopic (exact) mass is 506 g/mol. The van der Waals surface area contributed by atoms with Gasteiger partial charge in [0.2, 0.25) is 11.7 Å². The average Bonchev–Trinajstić information content (AvgIpc) is 2.90. The minimum Gasteiger partial charge on any atom is -0.504 e. The Morgan fingerprint density at radius 3 is 1.86 bits per heavy atom. The molecule has 0 saturated heterocycles. The van der Waals surface area contributed by atoms with Gasteiger partial charge < -0.3 is 39.8 Å². The van der Waals surface area contributed by atoms with Crippen molar-refractivity contribution in [3.05, 3.63) is 65.2 Å². The van der Waals surface area contributed by atoms with E-state index < -0.39 is 5.91 Å². The van der Waals surface area contributed by atoms with Crippen molar-refractivity contribution in [2.24, 2.45) is 0 Å². The molecule has 0 heterocycles. The fourth-order valence-electron chi connectivity index (χ4n) is 3.63. The molecule has 3 aromatic carbocycles. The number of hydrogen-bond acceptors (Lipinski definition) is 8. The number of nitrogen functional groups attached to an aromatic ring is 1. The number of ether oxygens (including phenoxy) is 5. The molecule has 37 heavy (non-hydrogen) atoms. The molecule has 9 heteroatoms. The van der Waals surface area contributed by atoms with Crippen LogP contribution in [0, 0.1) is 0 Å². The lowest BCUT2D eigenvalue weighted by atomic mass is 10.1. The first-order valence-corrected chi connectivity index (χ1v) is 11.1. The van der Waals surface area contributed by atoms with Gasteiger partial charge in [0.25, 0.3) is 0 Å². The van der Waals surface area contributed by atoms with Gasteiger partial charge in [-0.15, -0.1) is 0 Å². The summed E-state index contributed by atoms with van der Waals surface area (Å²) in [6.45, 7) is 0. The van der Waals surface area contributed by atoms with Crippen LogP contribution in [0.3, 0.4) is 0 Å². The molecule has 0 unspecified atom stereocenters. The summed E-state index contributed by atoms with van der Waals surface area (Å²) in [5.41, 5.74) is 8.80. The average molecular weight is 507 g/mol. The highest BCUT2D eigenvalue weighted by Crippen LogP contribution is 2.39. The SMILES string of the molecule is COc1ccc(/C=C\C(=O)Nc2cc(/C=C\c3cc(OC)c(OC)c(OC)c3)cc(O)c2OC)cc1N. The Morgan fingerprint density at radius 2 is 1.32 bits per heavy atom. The fraction of sp³-hybridized carbons (Fsp3) is 0.179. The van der Waals surface area contributed by atoms with Crippen LogP contribution < -0.4 is 34.7 Å². The molecular weight excluding hydrogens is 476 g/mol. The summed E-state index contributed by atoms with van der Waals surface area (Å²) in [7, 11) is 7.56. The molecule has 3 rings (SSSR count). The summed E-state index contributed by atoms with van der Waals surface area (Å²) in [5, 5.41) is 13.2. The highest BCUT2D eigenvalue weighted by molar-refractivity contribution is 6.03. The van der Waals surface area contributed by atoms with Crippen LogP contribution in [-0.2, 0) is 4.79 Å². The van der Waals surface area contributed by atoms with Crippen molar-refractivity contribution in [2.45, 2.75) is 0 Å². The third-order valence-corrected chi connectivity index (χ3v) is 5.39. The molecule has 3 aromatic rings. The molecule has 0 bridgehead atoms. The highest BCUT2D eigenvalue weighted by atomic mass is 16.5. The van der Waals surface area contributed by atoms with E-state index in [0.29, 0.717) is 39.9 Å². The van der Waals surface area contributed by atoms with Gasteiger partial charge in [-0.3, -0.25) is 4.79 Å². The largest absolute Gasteiger partial charge is 0.504 e. The number of nitrogens with one attached hydrogen (secondary N) is 1. The first-order chi connectivity index (χ1) is 17.8. The molecule has 0 fully saturated rings. The van der Waals surface area contributed by atoms with Crippen LogP contribution in [0.2, 0.25) is 0 Å². The van der Waals surface area contributed by atoms with Crippen LogP contribution in [0.1, 0.15) is 16.7 Å². The summed E-state index contributed by atoms with van der Waals surface area (Å²) >= 11 is 0. The van der Waals surface area contributed by atoms with Gasteiger partial charge in [0.1, 0.15) is 5.75 Å². The normalized spacial score (nSPS) is 10.9. The molecule has 4 N–H and O–H groups in total. The molecule has 9 nitrogen and oxygen atoms in total. The van der Waals surface area contributed by atoms with Gasteiger partial charge in [0.05, 0.1) is 46.9 Å². The Hall–Kier alpha value is -4.79. The van der Waals surface area contributed by atoms with Gasteiger partial charge in [0, 0.05) is 6.08 Å². The fourth-order valence-corrected chi connectivity index (χ4v) is 3.63. The topological polar surface area (TPSA) is 122 Å². The number of benzene rings is 3. The predicted molar refractivity (Wildman–Crippen MR) is 145 cm³/mol. The molecule has 0 atom stereocenters. The summed E-state index contributed by atoms with van der Waals surface area (Å²) in [6.07, 6.45) is 6.55. The molecule has 194 valence electrons. The Bertz CT molecular complexity index is 1310. The maximum atomic E-state index is 12.6. The maximum absolute atomic E-state index is 12.6. The van der Waals surface area contributed by atoms with Gasteiger partial charge in [0.15, 0.2) is 23.0 Å². The van der Waals surface area contributed by atoms with E-state index in [-0.39, 0.29) is 11.5 Å². The summed E-state index contributed by atoms with van der Waals surface area (Å²) in [5.74, 6) is 1.66. The van der Waals surface area contributed by atoms with E-state index in [1.165, 1.54) is 33.5 Å². The number of amides is 1. The third kappa shape index (κ3) is 6.46. The second kappa shape index (κ2) is 12.3. The molecule has 0 radical (unpaired) electrons. The minimum absolute atomic E-state index is 0.128. The van der Waals surface area contributed by atoms with Gasteiger partial charge >= 0.3 is 0 Å². The standard InChI is InChI=1S/C28H30N2O7/c1-33-23-10-8-17(12-20(23)29)9-11-26(32)30-21-13-18(14-22(31)27(21)36-4)6-7-19-15-24(34-2)28(37-5)25(16-19)35-3/h6-16,31H,29H2,1-5H3,(H,30,32)/b7-6-,11-9-. The molecule has 1 amide bonds. The number of hydrogen-bond donors (Lipinski definition) is 3. The molecule has 0 aliphatic heterocycles. The van der Waals surface area contributed by atoms with Crippen molar-refractivity contribution in [3.8, 4) is 34.5 Å². The van der Waals surface area contributed by atoms with Crippen LogP contribution in [0.15, 0.2) is 48.5 Å².